The van der Waals surface area contributed by atoms with Gasteiger partial charge in [0.15, 0.2) is 0 Å². The molecule has 1 saturated carbocycles. The van der Waals surface area contributed by atoms with E-state index in [2.05, 4.69) is 0 Å². The molecule has 76 valence electrons. The van der Waals surface area contributed by atoms with Gasteiger partial charge < -0.3 is 5.73 Å². The van der Waals surface area contributed by atoms with E-state index in [4.69, 9.17) is 5.73 Å². The first-order chi connectivity index (χ1) is 5.90. The molecule has 0 saturated heterocycles. The second-order valence-electron chi connectivity index (χ2n) is 3.46. The predicted octanol–water partition coefficient (Wildman–Crippen LogP) is -0.810. The summed E-state index contributed by atoms with van der Waals surface area (Å²) in [7, 11) is -3.47. The second-order valence-corrected chi connectivity index (χ2v) is 5.20. The van der Waals surface area contributed by atoms with E-state index in [1.807, 2.05) is 4.72 Å². The number of nitrogens with two attached hydrogens (primary N) is 1. The Morgan fingerprint density at radius 1 is 1.54 bits per heavy atom. The molecule has 0 spiro atoms. The lowest BCUT2D eigenvalue weighted by Gasteiger charge is -2.29. The van der Waals surface area contributed by atoms with E-state index >= 15 is 0 Å². The fourth-order valence-electron chi connectivity index (χ4n) is 1.26. The van der Waals surface area contributed by atoms with Crippen molar-refractivity contribution >= 4 is 15.9 Å². The van der Waals surface area contributed by atoms with Gasteiger partial charge in [-0.2, -0.15) is 0 Å². The topological polar surface area (TPSA) is 89.3 Å². The molecule has 1 aliphatic rings. The minimum absolute atomic E-state index is 0.154. The zero-order valence-corrected chi connectivity index (χ0v) is 8.30. The van der Waals surface area contributed by atoms with Gasteiger partial charge in [-0.25, -0.2) is 8.42 Å². The van der Waals surface area contributed by atoms with Gasteiger partial charge in [0.25, 0.3) is 5.91 Å². The van der Waals surface area contributed by atoms with Crippen LogP contribution in [-0.4, -0.2) is 26.6 Å². The van der Waals surface area contributed by atoms with Gasteiger partial charge in [0, 0.05) is 0 Å². The lowest BCUT2D eigenvalue weighted by molar-refractivity contribution is -0.122. The van der Waals surface area contributed by atoms with E-state index in [-0.39, 0.29) is 5.92 Å². The van der Waals surface area contributed by atoms with Crippen molar-refractivity contribution < 1.29 is 13.2 Å². The largest absolute Gasteiger partial charge is 0.320 e. The van der Waals surface area contributed by atoms with E-state index < -0.39 is 22.0 Å². The summed E-state index contributed by atoms with van der Waals surface area (Å²) in [5.74, 6) is -0.436. The normalized spacial score (nSPS) is 20.5. The number of hydrogen-bond acceptors (Lipinski definition) is 4. The second kappa shape index (κ2) is 3.63. The van der Waals surface area contributed by atoms with Crippen LogP contribution >= 0.6 is 0 Å². The van der Waals surface area contributed by atoms with E-state index in [1.54, 1.807) is 0 Å². The lowest BCUT2D eigenvalue weighted by atomic mass is 9.80. The molecule has 13 heavy (non-hydrogen) atoms. The zero-order valence-electron chi connectivity index (χ0n) is 7.49. The molecular formula is C7H14N2O3S. The van der Waals surface area contributed by atoms with Gasteiger partial charge in [-0.15, -0.1) is 0 Å². The quantitative estimate of drug-likeness (QED) is 0.632. The number of amides is 1. The average molecular weight is 206 g/mol. The van der Waals surface area contributed by atoms with Crippen molar-refractivity contribution in [2.24, 2.45) is 11.7 Å². The van der Waals surface area contributed by atoms with Gasteiger partial charge in [0.05, 0.1) is 12.3 Å². The Labute approximate surface area is 77.7 Å². The maximum Gasteiger partial charge on any atom is 0.250 e. The molecule has 6 heteroatoms. The van der Waals surface area contributed by atoms with E-state index in [0.717, 1.165) is 25.5 Å². The van der Waals surface area contributed by atoms with Crippen molar-refractivity contribution in [2.45, 2.75) is 25.3 Å². The van der Waals surface area contributed by atoms with Gasteiger partial charge in [0.1, 0.15) is 0 Å². The minimum atomic E-state index is -3.47. The highest BCUT2D eigenvalue weighted by Crippen LogP contribution is 2.28. The summed E-state index contributed by atoms with van der Waals surface area (Å²) < 4.78 is 23.3. The van der Waals surface area contributed by atoms with Crippen LogP contribution in [0.2, 0.25) is 0 Å². The summed E-state index contributed by atoms with van der Waals surface area (Å²) >= 11 is 0. The highest BCUT2D eigenvalue weighted by atomic mass is 32.2. The molecule has 1 unspecified atom stereocenters. The molecule has 1 atom stereocenters. The molecule has 0 bridgehead atoms. The summed E-state index contributed by atoms with van der Waals surface area (Å²) in [5, 5.41) is 0. The Kier molecular flexibility index (Phi) is 2.92. The highest BCUT2D eigenvalue weighted by molar-refractivity contribution is 7.89. The first kappa shape index (κ1) is 10.5. The summed E-state index contributed by atoms with van der Waals surface area (Å²) in [6, 6.07) is -0.677. The summed E-state index contributed by atoms with van der Waals surface area (Å²) in [4.78, 5) is 11.2. The van der Waals surface area contributed by atoms with Crippen LogP contribution in [0.4, 0.5) is 0 Å². The first-order valence-corrected chi connectivity index (χ1v) is 6.06. The molecule has 1 aliphatic carbocycles. The number of nitrogens with one attached hydrogen (secondary N) is 1. The zero-order chi connectivity index (χ0) is 10.1. The Balaban J connectivity index is 2.47. The van der Waals surface area contributed by atoms with E-state index in [0.29, 0.717) is 0 Å². The number of carbonyl (C=O) groups is 1. The molecule has 0 aromatic rings. The summed E-state index contributed by atoms with van der Waals surface area (Å²) in [5.41, 5.74) is 5.55. The van der Waals surface area contributed by atoms with Crippen molar-refractivity contribution in [3.63, 3.8) is 0 Å². The van der Waals surface area contributed by atoms with Crippen LogP contribution in [0.3, 0.4) is 0 Å². The maximum absolute atomic E-state index is 11.2. The molecule has 0 aromatic heterocycles. The predicted molar refractivity (Wildman–Crippen MR) is 48.3 cm³/mol. The standard InChI is InChI=1S/C7H14N2O3S/c1-13(11,12)9-7(10)6(8)5-3-2-4-5/h5-6H,2-4,8H2,1H3,(H,9,10). The molecule has 5 nitrogen and oxygen atoms in total. The van der Waals surface area contributed by atoms with Gasteiger partial charge in [-0.1, -0.05) is 6.42 Å². The molecule has 0 heterocycles. The average Bonchev–Trinajstić information content (AvgIpc) is 1.78. The van der Waals surface area contributed by atoms with Crippen molar-refractivity contribution in [3.8, 4) is 0 Å². The van der Waals surface area contributed by atoms with Gasteiger partial charge in [0.2, 0.25) is 10.0 Å². The van der Waals surface area contributed by atoms with Crippen molar-refractivity contribution in [1.29, 1.82) is 0 Å². The fourth-order valence-corrected chi connectivity index (χ4v) is 1.77. The Bertz CT molecular complexity index is 295. The van der Waals surface area contributed by atoms with Gasteiger partial charge >= 0.3 is 0 Å². The molecule has 0 aromatic carbocycles. The Morgan fingerprint density at radius 2 is 2.08 bits per heavy atom. The Hall–Kier alpha value is -0.620. The SMILES string of the molecule is CS(=O)(=O)NC(=O)C(N)C1CCC1. The molecule has 1 fully saturated rings. The van der Waals surface area contributed by atoms with E-state index in [1.165, 1.54) is 0 Å². The molecule has 3 N–H and O–H groups in total. The van der Waals surface area contributed by atoms with Crippen LogP contribution in [0.15, 0.2) is 0 Å². The molecule has 0 aliphatic heterocycles. The number of rotatable bonds is 3. The van der Waals surface area contributed by atoms with Gasteiger partial charge in [-0.3, -0.25) is 9.52 Å². The summed E-state index contributed by atoms with van der Waals surface area (Å²) in [6.07, 6.45) is 3.85. The highest BCUT2D eigenvalue weighted by Gasteiger charge is 2.30. The third-order valence-electron chi connectivity index (χ3n) is 2.25. The van der Waals surface area contributed by atoms with Crippen LogP contribution in [0.1, 0.15) is 19.3 Å². The van der Waals surface area contributed by atoms with Crippen molar-refractivity contribution in [1.82, 2.24) is 4.72 Å². The Morgan fingerprint density at radius 3 is 2.38 bits per heavy atom. The number of hydrogen-bond donors (Lipinski definition) is 2. The van der Waals surface area contributed by atoms with Crippen molar-refractivity contribution in [2.75, 3.05) is 6.26 Å². The van der Waals surface area contributed by atoms with Crippen LogP contribution in [0, 0.1) is 5.92 Å². The fraction of sp³-hybridized carbons (Fsp3) is 0.857. The van der Waals surface area contributed by atoms with Crippen molar-refractivity contribution in [3.05, 3.63) is 0 Å². The summed E-state index contributed by atoms with van der Waals surface area (Å²) in [6.45, 7) is 0. The van der Waals surface area contributed by atoms with Crippen LogP contribution in [0.5, 0.6) is 0 Å². The lowest BCUT2D eigenvalue weighted by Crippen LogP contribution is -2.48. The van der Waals surface area contributed by atoms with Gasteiger partial charge in [-0.05, 0) is 18.8 Å². The first-order valence-electron chi connectivity index (χ1n) is 4.17. The minimum Gasteiger partial charge on any atom is -0.320 e. The third-order valence-corrected chi connectivity index (χ3v) is 2.82. The van der Waals surface area contributed by atoms with Crippen LogP contribution < -0.4 is 10.5 Å². The van der Waals surface area contributed by atoms with E-state index in [9.17, 15) is 13.2 Å². The maximum atomic E-state index is 11.2. The molecule has 1 rings (SSSR count). The van der Waals surface area contributed by atoms with Crippen LogP contribution in [-0.2, 0) is 14.8 Å². The molecular weight excluding hydrogens is 192 g/mol. The number of sulfonamides is 1. The van der Waals surface area contributed by atoms with Crippen LogP contribution in [0.25, 0.3) is 0 Å². The molecule has 1 amide bonds. The number of carbonyl (C=O) groups excluding carboxylic acids is 1. The molecule has 0 radical (unpaired) electrons. The smallest absolute Gasteiger partial charge is 0.250 e. The monoisotopic (exact) mass is 206 g/mol. The third kappa shape index (κ3) is 2.96.